The van der Waals surface area contributed by atoms with E-state index in [0.717, 1.165) is 12.8 Å². The standard InChI is InChI=1S/C13H19Cl2N3O/c1-6-4-8(3)9(5-7(6)2)16-13(19)12-17-10(14)11(15)18-12/h6-9H,4-5H2,1-3H3,(H,16,19)(H,17,18)/t6-,7+,8+,9-/m1/s1. The van der Waals surface area contributed by atoms with Gasteiger partial charge in [-0.15, -0.1) is 0 Å². The highest BCUT2D eigenvalue weighted by Crippen LogP contribution is 2.33. The minimum Gasteiger partial charge on any atom is -0.346 e. The van der Waals surface area contributed by atoms with Gasteiger partial charge in [0.25, 0.3) is 5.91 Å². The first-order valence-corrected chi connectivity index (χ1v) is 7.36. The zero-order chi connectivity index (χ0) is 14.2. The molecule has 1 heterocycles. The van der Waals surface area contributed by atoms with Crippen LogP contribution in [0.25, 0.3) is 0 Å². The van der Waals surface area contributed by atoms with Crippen molar-refractivity contribution in [2.45, 2.75) is 39.7 Å². The van der Waals surface area contributed by atoms with E-state index in [0.29, 0.717) is 17.8 Å². The van der Waals surface area contributed by atoms with Crippen LogP contribution in [0, 0.1) is 17.8 Å². The highest BCUT2D eigenvalue weighted by molar-refractivity contribution is 6.40. The number of halogens is 2. The molecule has 1 aromatic heterocycles. The number of hydrogen-bond acceptors (Lipinski definition) is 2. The lowest BCUT2D eigenvalue weighted by atomic mass is 9.73. The molecule has 0 aromatic carbocycles. The molecule has 0 unspecified atom stereocenters. The first-order chi connectivity index (χ1) is 8.88. The lowest BCUT2D eigenvalue weighted by Gasteiger charge is -2.37. The monoisotopic (exact) mass is 303 g/mol. The van der Waals surface area contributed by atoms with Crippen LogP contribution in [0.2, 0.25) is 10.3 Å². The Balaban J connectivity index is 2.02. The van der Waals surface area contributed by atoms with Crippen molar-refractivity contribution in [2.75, 3.05) is 0 Å². The Hall–Kier alpha value is -0.740. The minimum absolute atomic E-state index is 0.130. The molecule has 0 saturated heterocycles. The van der Waals surface area contributed by atoms with Crippen LogP contribution in [0.5, 0.6) is 0 Å². The molecule has 1 aliphatic rings. The molecule has 1 amide bonds. The quantitative estimate of drug-likeness (QED) is 0.878. The normalized spacial score (nSPS) is 31.2. The molecule has 2 rings (SSSR count). The third-order valence-electron chi connectivity index (χ3n) is 4.18. The molecule has 0 radical (unpaired) electrons. The van der Waals surface area contributed by atoms with Crippen molar-refractivity contribution >= 4 is 29.1 Å². The maximum absolute atomic E-state index is 12.1. The SMILES string of the molecule is C[C@@H]1C[C@H](C)[C@H](NC(=O)c2nc(Cl)c(Cl)[nH]2)C[C@@H]1C. The van der Waals surface area contributed by atoms with E-state index in [2.05, 4.69) is 36.1 Å². The van der Waals surface area contributed by atoms with Gasteiger partial charge in [0.15, 0.2) is 11.0 Å². The number of nitrogens with zero attached hydrogens (tertiary/aromatic N) is 1. The van der Waals surface area contributed by atoms with E-state index in [-0.39, 0.29) is 28.1 Å². The van der Waals surface area contributed by atoms with Crippen molar-refractivity contribution in [3.63, 3.8) is 0 Å². The van der Waals surface area contributed by atoms with E-state index >= 15 is 0 Å². The molecule has 106 valence electrons. The number of carbonyl (C=O) groups is 1. The van der Waals surface area contributed by atoms with E-state index < -0.39 is 0 Å². The van der Waals surface area contributed by atoms with Crippen molar-refractivity contribution < 1.29 is 4.79 Å². The van der Waals surface area contributed by atoms with Crippen LogP contribution in [-0.2, 0) is 0 Å². The molecule has 4 nitrogen and oxygen atoms in total. The van der Waals surface area contributed by atoms with Crippen LogP contribution in [0.4, 0.5) is 0 Å². The van der Waals surface area contributed by atoms with Gasteiger partial charge in [-0.2, -0.15) is 0 Å². The summed E-state index contributed by atoms with van der Waals surface area (Å²) in [6.45, 7) is 6.68. The molecule has 6 heteroatoms. The summed E-state index contributed by atoms with van der Waals surface area (Å²) in [7, 11) is 0. The van der Waals surface area contributed by atoms with Gasteiger partial charge < -0.3 is 10.3 Å². The predicted octanol–water partition coefficient (Wildman–Crippen LogP) is 3.52. The summed E-state index contributed by atoms with van der Waals surface area (Å²) in [5.41, 5.74) is 0. The van der Waals surface area contributed by atoms with Crippen molar-refractivity contribution in [3.8, 4) is 0 Å². The Kier molecular flexibility index (Phi) is 4.41. The van der Waals surface area contributed by atoms with Gasteiger partial charge in [-0.25, -0.2) is 4.98 Å². The van der Waals surface area contributed by atoms with Crippen LogP contribution < -0.4 is 5.32 Å². The molecule has 1 aliphatic carbocycles. The number of aromatic amines is 1. The Morgan fingerprint density at radius 2 is 1.84 bits per heavy atom. The number of amides is 1. The lowest BCUT2D eigenvalue weighted by Crippen LogP contribution is -2.45. The molecule has 4 atom stereocenters. The molecule has 1 fully saturated rings. The largest absolute Gasteiger partial charge is 0.346 e. The molecular weight excluding hydrogens is 285 g/mol. The second kappa shape index (κ2) is 5.71. The Morgan fingerprint density at radius 3 is 2.42 bits per heavy atom. The van der Waals surface area contributed by atoms with Crippen LogP contribution in [-0.4, -0.2) is 21.9 Å². The molecule has 2 N–H and O–H groups in total. The van der Waals surface area contributed by atoms with Crippen molar-refractivity contribution in [1.82, 2.24) is 15.3 Å². The molecule has 0 aliphatic heterocycles. The first-order valence-electron chi connectivity index (χ1n) is 6.60. The zero-order valence-corrected chi connectivity index (χ0v) is 12.8. The number of carbonyl (C=O) groups excluding carboxylic acids is 1. The maximum Gasteiger partial charge on any atom is 0.287 e. The van der Waals surface area contributed by atoms with Gasteiger partial charge in [-0.05, 0) is 30.6 Å². The van der Waals surface area contributed by atoms with E-state index in [4.69, 9.17) is 23.2 Å². The minimum atomic E-state index is -0.243. The van der Waals surface area contributed by atoms with Crippen LogP contribution in [0.1, 0.15) is 44.2 Å². The van der Waals surface area contributed by atoms with Gasteiger partial charge in [0.2, 0.25) is 0 Å². The van der Waals surface area contributed by atoms with E-state index in [1.54, 1.807) is 0 Å². The van der Waals surface area contributed by atoms with Crippen LogP contribution in [0.15, 0.2) is 0 Å². The fraction of sp³-hybridized carbons (Fsp3) is 0.692. The third kappa shape index (κ3) is 3.23. The number of imidazole rings is 1. The average molecular weight is 304 g/mol. The maximum atomic E-state index is 12.1. The van der Waals surface area contributed by atoms with Gasteiger partial charge >= 0.3 is 0 Å². The zero-order valence-electron chi connectivity index (χ0n) is 11.3. The molecule has 19 heavy (non-hydrogen) atoms. The molecule has 0 bridgehead atoms. The number of H-pyrrole nitrogens is 1. The molecular formula is C13H19Cl2N3O. The number of nitrogens with one attached hydrogen (secondary N) is 2. The average Bonchev–Trinajstić information content (AvgIpc) is 2.67. The summed E-state index contributed by atoms with van der Waals surface area (Å²) >= 11 is 11.5. The summed E-state index contributed by atoms with van der Waals surface area (Å²) in [6, 6.07) is 0.182. The fourth-order valence-corrected chi connectivity index (χ4v) is 2.99. The second-order valence-corrected chi connectivity index (χ2v) is 6.41. The first kappa shape index (κ1) is 14.7. The smallest absolute Gasteiger partial charge is 0.287 e. The van der Waals surface area contributed by atoms with Gasteiger partial charge in [0.05, 0.1) is 0 Å². The second-order valence-electron chi connectivity index (χ2n) is 5.67. The fourth-order valence-electron chi connectivity index (χ4n) is 2.72. The number of aromatic nitrogens is 2. The van der Waals surface area contributed by atoms with Gasteiger partial charge in [0.1, 0.15) is 5.15 Å². The topological polar surface area (TPSA) is 57.8 Å². The highest BCUT2D eigenvalue weighted by Gasteiger charge is 2.31. The van der Waals surface area contributed by atoms with Gasteiger partial charge in [-0.3, -0.25) is 4.79 Å². The van der Waals surface area contributed by atoms with Crippen molar-refractivity contribution in [3.05, 3.63) is 16.1 Å². The van der Waals surface area contributed by atoms with E-state index in [1.165, 1.54) is 0 Å². The highest BCUT2D eigenvalue weighted by atomic mass is 35.5. The third-order valence-corrected chi connectivity index (χ3v) is 4.82. The summed E-state index contributed by atoms with van der Waals surface area (Å²) in [5, 5.41) is 3.36. The Morgan fingerprint density at radius 1 is 1.21 bits per heavy atom. The summed E-state index contributed by atoms with van der Waals surface area (Å²) in [6.07, 6.45) is 2.13. The molecule has 1 saturated carbocycles. The van der Waals surface area contributed by atoms with Gasteiger partial charge in [0, 0.05) is 6.04 Å². The molecule has 1 aromatic rings. The van der Waals surface area contributed by atoms with Crippen LogP contribution in [0.3, 0.4) is 0 Å². The van der Waals surface area contributed by atoms with Crippen molar-refractivity contribution in [1.29, 1.82) is 0 Å². The molecule has 0 spiro atoms. The van der Waals surface area contributed by atoms with E-state index in [9.17, 15) is 4.79 Å². The van der Waals surface area contributed by atoms with Gasteiger partial charge in [-0.1, -0.05) is 44.0 Å². The van der Waals surface area contributed by atoms with E-state index in [1.807, 2.05) is 0 Å². The van der Waals surface area contributed by atoms with Crippen LogP contribution >= 0.6 is 23.2 Å². The Bertz CT molecular complexity index is 455. The summed E-state index contributed by atoms with van der Waals surface area (Å²) in [4.78, 5) is 18.7. The lowest BCUT2D eigenvalue weighted by molar-refractivity contribution is 0.0862. The number of rotatable bonds is 2. The predicted molar refractivity (Wildman–Crippen MR) is 76.6 cm³/mol. The Labute approximate surface area is 123 Å². The number of hydrogen-bond donors (Lipinski definition) is 2. The van der Waals surface area contributed by atoms with Crippen molar-refractivity contribution in [2.24, 2.45) is 17.8 Å². The summed E-state index contributed by atoms with van der Waals surface area (Å²) < 4.78 is 0. The summed E-state index contributed by atoms with van der Waals surface area (Å²) in [5.74, 6) is 1.72.